The van der Waals surface area contributed by atoms with Gasteiger partial charge in [0.2, 0.25) is 0 Å². The van der Waals surface area contributed by atoms with E-state index < -0.39 is 0 Å². The van der Waals surface area contributed by atoms with Gasteiger partial charge in [0.25, 0.3) is 0 Å². The molecule has 1 nitrogen and oxygen atoms in total. The van der Waals surface area contributed by atoms with Gasteiger partial charge < -0.3 is 5.32 Å². The Morgan fingerprint density at radius 1 is 1.35 bits per heavy atom. The van der Waals surface area contributed by atoms with Crippen LogP contribution >= 0.6 is 23.2 Å². The zero-order valence-electron chi connectivity index (χ0n) is 10.1. The third-order valence-corrected chi connectivity index (χ3v) is 3.32. The van der Waals surface area contributed by atoms with Gasteiger partial charge in [-0.15, -0.1) is 11.6 Å². The van der Waals surface area contributed by atoms with Crippen molar-refractivity contribution in [3.05, 3.63) is 34.6 Å². The van der Waals surface area contributed by atoms with Gasteiger partial charge in [-0.25, -0.2) is 4.39 Å². The molecule has 0 aliphatic heterocycles. The highest BCUT2D eigenvalue weighted by atomic mass is 35.5. The maximum atomic E-state index is 13.6. The molecule has 96 valence electrons. The Morgan fingerprint density at radius 3 is 2.65 bits per heavy atom. The molecule has 1 N–H and O–H groups in total. The quantitative estimate of drug-likeness (QED) is 0.768. The Hall–Kier alpha value is -0.310. The molecule has 0 amide bonds. The lowest BCUT2D eigenvalue weighted by Crippen LogP contribution is -2.34. The molecule has 0 fully saturated rings. The molecule has 1 aromatic carbocycles. The van der Waals surface area contributed by atoms with Crippen LogP contribution in [0.1, 0.15) is 25.8 Å². The second-order valence-corrected chi connectivity index (χ2v) is 5.21. The van der Waals surface area contributed by atoms with Crippen LogP contribution in [0, 0.1) is 11.7 Å². The fourth-order valence-electron chi connectivity index (χ4n) is 1.71. The van der Waals surface area contributed by atoms with Crippen molar-refractivity contribution in [3.8, 4) is 0 Å². The third-order valence-electron chi connectivity index (χ3n) is 2.81. The molecule has 0 heterocycles. The molecule has 0 spiro atoms. The highest BCUT2D eigenvalue weighted by molar-refractivity contribution is 6.30. The Kier molecular flexibility index (Phi) is 6.24. The van der Waals surface area contributed by atoms with Gasteiger partial charge in [0.05, 0.1) is 5.02 Å². The van der Waals surface area contributed by atoms with Crippen molar-refractivity contribution in [3.63, 3.8) is 0 Å². The smallest absolute Gasteiger partial charge is 0.146 e. The van der Waals surface area contributed by atoms with Crippen LogP contribution in [0.5, 0.6) is 0 Å². The number of nitrogens with one attached hydrogen (secondary N) is 1. The van der Waals surface area contributed by atoms with Crippen molar-refractivity contribution >= 4 is 23.2 Å². The first-order valence-corrected chi connectivity index (χ1v) is 6.69. The number of hydrogen-bond donors (Lipinski definition) is 1. The van der Waals surface area contributed by atoms with Crippen LogP contribution in [0.3, 0.4) is 0 Å². The number of hydrogen-bond acceptors (Lipinski definition) is 1. The summed E-state index contributed by atoms with van der Waals surface area (Å²) in [4.78, 5) is 0. The van der Waals surface area contributed by atoms with Gasteiger partial charge in [-0.1, -0.05) is 37.6 Å². The van der Waals surface area contributed by atoms with Crippen LogP contribution in [-0.4, -0.2) is 11.9 Å². The Balaban J connectivity index is 2.62. The van der Waals surface area contributed by atoms with Crippen molar-refractivity contribution in [1.82, 2.24) is 5.32 Å². The van der Waals surface area contributed by atoms with Gasteiger partial charge in [-0.2, -0.15) is 0 Å². The van der Waals surface area contributed by atoms with Crippen molar-refractivity contribution in [1.29, 1.82) is 0 Å². The highest BCUT2D eigenvalue weighted by Gasteiger charge is 2.13. The molecule has 0 bridgehead atoms. The van der Waals surface area contributed by atoms with Crippen LogP contribution in [0.25, 0.3) is 0 Å². The van der Waals surface area contributed by atoms with Crippen molar-refractivity contribution < 1.29 is 4.39 Å². The number of halogens is 3. The van der Waals surface area contributed by atoms with E-state index in [4.69, 9.17) is 23.2 Å². The Morgan fingerprint density at radius 2 is 2.06 bits per heavy atom. The number of benzene rings is 1. The molecule has 0 saturated carbocycles. The second kappa shape index (κ2) is 7.20. The molecule has 1 unspecified atom stereocenters. The summed E-state index contributed by atoms with van der Waals surface area (Å²) in [7, 11) is 0. The zero-order valence-corrected chi connectivity index (χ0v) is 11.7. The van der Waals surface area contributed by atoms with Gasteiger partial charge in [-0.05, 0) is 18.4 Å². The van der Waals surface area contributed by atoms with Crippen LogP contribution in [0.4, 0.5) is 4.39 Å². The lowest BCUT2D eigenvalue weighted by Gasteiger charge is -2.21. The zero-order chi connectivity index (χ0) is 12.8. The minimum atomic E-state index is -0.338. The Labute approximate surface area is 112 Å². The molecular weight excluding hydrogens is 260 g/mol. The highest BCUT2D eigenvalue weighted by Crippen LogP contribution is 2.18. The van der Waals surface area contributed by atoms with E-state index in [0.717, 1.165) is 6.42 Å². The van der Waals surface area contributed by atoms with E-state index in [1.807, 2.05) is 0 Å². The van der Waals surface area contributed by atoms with E-state index in [0.29, 0.717) is 29.9 Å². The second-order valence-electron chi connectivity index (χ2n) is 4.42. The van der Waals surface area contributed by atoms with Gasteiger partial charge in [0, 0.05) is 24.0 Å². The largest absolute Gasteiger partial charge is 0.310 e. The molecule has 0 aliphatic rings. The summed E-state index contributed by atoms with van der Waals surface area (Å²) in [6, 6.07) is 5.35. The van der Waals surface area contributed by atoms with Crippen LogP contribution in [0.15, 0.2) is 18.2 Å². The van der Waals surface area contributed by atoms with Gasteiger partial charge in [-0.3, -0.25) is 0 Å². The lowest BCUT2D eigenvalue weighted by molar-refractivity contribution is 0.386. The normalized spacial score (nSPS) is 13.1. The summed E-state index contributed by atoms with van der Waals surface area (Å²) in [5.41, 5.74) is 0.595. The topological polar surface area (TPSA) is 12.0 Å². The third kappa shape index (κ3) is 4.46. The van der Waals surface area contributed by atoms with Crippen molar-refractivity contribution in [2.45, 2.75) is 32.9 Å². The molecule has 0 saturated heterocycles. The molecule has 0 aromatic heterocycles. The first kappa shape index (κ1) is 14.7. The predicted molar refractivity (Wildman–Crippen MR) is 72.2 cm³/mol. The minimum absolute atomic E-state index is 0.169. The van der Waals surface area contributed by atoms with E-state index >= 15 is 0 Å². The minimum Gasteiger partial charge on any atom is -0.310 e. The average molecular weight is 278 g/mol. The maximum Gasteiger partial charge on any atom is 0.146 e. The van der Waals surface area contributed by atoms with Crippen LogP contribution in [-0.2, 0) is 6.54 Å². The average Bonchev–Trinajstić information content (AvgIpc) is 2.29. The Bertz CT molecular complexity index is 355. The first-order chi connectivity index (χ1) is 8.06. The van der Waals surface area contributed by atoms with Crippen molar-refractivity contribution in [2.75, 3.05) is 5.88 Å². The van der Waals surface area contributed by atoms with E-state index in [9.17, 15) is 4.39 Å². The molecule has 1 rings (SSSR count). The van der Waals surface area contributed by atoms with Crippen LogP contribution in [0.2, 0.25) is 5.02 Å². The lowest BCUT2D eigenvalue weighted by atomic mass is 10.0. The summed E-state index contributed by atoms with van der Waals surface area (Å²) >= 11 is 11.5. The summed E-state index contributed by atoms with van der Waals surface area (Å²) in [5.74, 6) is 0.736. The SMILES string of the molecule is CC(C)C(CCCl)NCc1cccc(Cl)c1F. The fraction of sp³-hybridized carbons (Fsp3) is 0.538. The number of rotatable bonds is 6. The van der Waals surface area contributed by atoms with Gasteiger partial charge in [0.15, 0.2) is 0 Å². The molecule has 0 aliphatic carbocycles. The van der Waals surface area contributed by atoms with E-state index in [1.165, 1.54) is 0 Å². The molecule has 1 aromatic rings. The molecule has 4 heteroatoms. The molecule has 17 heavy (non-hydrogen) atoms. The summed E-state index contributed by atoms with van der Waals surface area (Å²) in [6.45, 7) is 4.73. The van der Waals surface area contributed by atoms with E-state index in [-0.39, 0.29) is 10.8 Å². The van der Waals surface area contributed by atoms with Crippen LogP contribution < -0.4 is 5.32 Å². The van der Waals surface area contributed by atoms with E-state index in [2.05, 4.69) is 19.2 Å². The molecule has 1 atom stereocenters. The summed E-state index contributed by atoms with van der Waals surface area (Å²) in [5, 5.41) is 3.49. The number of alkyl halides is 1. The fourth-order valence-corrected chi connectivity index (χ4v) is 2.14. The van der Waals surface area contributed by atoms with Gasteiger partial charge in [0.1, 0.15) is 5.82 Å². The standard InChI is InChI=1S/C13H18Cl2FN/c1-9(2)12(6-7-14)17-8-10-4-3-5-11(15)13(10)16/h3-5,9,12,17H,6-8H2,1-2H3. The van der Waals surface area contributed by atoms with Gasteiger partial charge >= 0.3 is 0 Å². The first-order valence-electron chi connectivity index (χ1n) is 5.78. The summed E-state index contributed by atoms with van der Waals surface area (Å²) < 4.78 is 13.6. The maximum absolute atomic E-state index is 13.6. The monoisotopic (exact) mass is 277 g/mol. The summed E-state index contributed by atoms with van der Waals surface area (Å²) in [6.07, 6.45) is 0.876. The molecular formula is C13H18Cl2FN. The van der Waals surface area contributed by atoms with E-state index in [1.54, 1.807) is 18.2 Å². The predicted octanol–water partition coefficient (Wildman–Crippen LogP) is 4.22. The molecule has 0 radical (unpaired) electrons. The van der Waals surface area contributed by atoms with Crippen molar-refractivity contribution in [2.24, 2.45) is 5.92 Å².